The van der Waals surface area contributed by atoms with E-state index in [1.54, 1.807) is 19.0 Å². The molecule has 1 aromatic carbocycles. The molecule has 7 N–H and O–H groups in total. The second-order valence-corrected chi connectivity index (χ2v) is 12.0. The molecule has 1 amide bonds. The topological polar surface area (TPSA) is 206 Å². The highest BCUT2D eigenvalue weighted by molar-refractivity contribution is 6.25. The van der Waals surface area contributed by atoms with Gasteiger partial charge in [-0.3, -0.25) is 19.3 Å². The van der Waals surface area contributed by atoms with Crippen LogP contribution in [-0.2, 0) is 27.3 Å². The summed E-state index contributed by atoms with van der Waals surface area (Å²) in [5.41, 5.74) is -1.80. The number of nitrogens with zero attached hydrogens (tertiary/aromatic N) is 3. The van der Waals surface area contributed by atoms with Gasteiger partial charge in [-0.2, -0.15) is 0 Å². The van der Waals surface area contributed by atoms with Crippen molar-refractivity contribution in [2.24, 2.45) is 16.8 Å². The third-order valence-electron chi connectivity index (χ3n) is 8.79. The van der Waals surface area contributed by atoms with Crippen molar-refractivity contribution in [3.63, 3.8) is 0 Å². The molecule has 13 nitrogen and oxygen atoms in total. The first-order chi connectivity index (χ1) is 19.7. The SMILES string of the molecule is CC(NCc1cc(N(C)C)c2c(c1N=O)C(O)=C1C(=O)[C@]3(O)C(O)=C(C(N)=O)C(=O)C(N(C)C)[C@]3(O)C[C@@H]1C2)C(C)(F)F. The van der Waals surface area contributed by atoms with Crippen LogP contribution in [-0.4, -0.2) is 100 Å². The number of likely N-dealkylation sites (N-methyl/N-ethyl adjacent to an activating group) is 1. The number of anilines is 1. The van der Waals surface area contributed by atoms with Gasteiger partial charge in [-0.1, -0.05) is 0 Å². The van der Waals surface area contributed by atoms with Crippen LogP contribution in [0.1, 0.15) is 37.0 Å². The number of carbonyl (C=O) groups excluding carboxylic acids is 3. The molecule has 1 saturated carbocycles. The smallest absolute Gasteiger partial charge is 0.260 e. The van der Waals surface area contributed by atoms with Gasteiger partial charge in [0.05, 0.1) is 11.6 Å². The average Bonchev–Trinajstić information content (AvgIpc) is 2.87. The Morgan fingerprint density at radius 1 is 1.23 bits per heavy atom. The standard InChI is InChI=1S/C28H35F2N5O8/c1-11(26(2,29)30)32-10-13-8-15(34(3)4)14-7-12-9-27(41)22(35(5)6)21(37)18(25(31)40)24(39)28(27,42)23(38)16(12)20(36)17(14)19(13)33-43/h8,11-12,22,32,36,39,41-42H,7,9-10H2,1-6H3,(H2,31,40)/t11?,12-,22?,27+,28-/m0/s1. The lowest BCUT2D eigenvalue weighted by atomic mass is 9.55. The predicted octanol–water partition coefficient (Wildman–Crippen LogP) is 0.971. The van der Waals surface area contributed by atoms with Gasteiger partial charge < -0.3 is 36.4 Å². The fourth-order valence-electron chi connectivity index (χ4n) is 6.53. The Bertz CT molecular complexity index is 1500. The maximum atomic E-state index is 14.1. The number of amides is 1. The third-order valence-corrected chi connectivity index (χ3v) is 8.79. The molecular formula is C28H35F2N5O8. The molecule has 0 radical (unpaired) electrons. The zero-order valence-corrected chi connectivity index (χ0v) is 24.5. The van der Waals surface area contributed by atoms with Crippen molar-refractivity contribution < 1.29 is 43.6 Å². The molecule has 0 bridgehead atoms. The summed E-state index contributed by atoms with van der Waals surface area (Å²) in [4.78, 5) is 54.6. The van der Waals surface area contributed by atoms with Crippen LogP contribution in [0.5, 0.6) is 0 Å². The first-order valence-corrected chi connectivity index (χ1v) is 13.4. The van der Waals surface area contributed by atoms with E-state index in [4.69, 9.17) is 5.73 Å². The number of hydrogen-bond acceptors (Lipinski definition) is 12. The van der Waals surface area contributed by atoms with Gasteiger partial charge in [-0.25, -0.2) is 8.78 Å². The van der Waals surface area contributed by atoms with Crippen LogP contribution < -0.4 is 16.0 Å². The van der Waals surface area contributed by atoms with Crippen molar-refractivity contribution in [2.45, 2.75) is 62.4 Å². The fraction of sp³-hybridized carbons (Fsp3) is 0.536. The van der Waals surface area contributed by atoms with Crippen molar-refractivity contribution in [1.29, 1.82) is 0 Å². The number of ketones is 2. The summed E-state index contributed by atoms with van der Waals surface area (Å²) in [6, 6.07) is -1.46. The number of nitrogens with two attached hydrogens (primary N) is 1. The van der Waals surface area contributed by atoms with Crippen LogP contribution in [0.15, 0.2) is 28.1 Å². The number of rotatable bonds is 8. The number of nitrogens with one attached hydrogen (secondary N) is 1. The second-order valence-electron chi connectivity index (χ2n) is 12.0. The molecule has 3 aliphatic rings. The summed E-state index contributed by atoms with van der Waals surface area (Å²) < 4.78 is 27.6. The summed E-state index contributed by atoms with van der Waals surface area (Å²) in [5, 5.41) is 52.0. The molecule has 1 aromatic rings. The maximum Gasteiger partial charge on any atom is 0.260 e. The molecule has 0 aliphatic heterocycles. The highest BCUT2D eigenvalue weighted by atomic mass is 19.3. The largest absolute Gasteiger partial charge is 0.508 e. The van der Waals surface area contributed by atoms with Crippen LogP contribution in [0.3, 0.4) is 0 Å². The van der Waals surface area contributed by atoms with Gasteiger partial charge in [-0.15, -0.1) is 4.91 Å². The van der Waals surface area contributed by atoms with E-state index in [9.17, 15) is 48.5 Å². The number of Topliss-reactive ketones (excluding diaryl/α,β-unsaturated/α-hetero) is 2. The lowest BCUT2D eigenvalue weighted by Crippen LogP contribution is -2.76. The zero-order valence-electron chi connectivity index (χ0n) is 24.5. The number of hydrogen-bond donors (Lipinski definition) is 6. The quantitative estimate of drug-likeness (QED) is 0.181. The Kier molecular flexibility index (Phi) is 7.80. The van der Waals surface area contributed by atoms with Crippen LogP contribution >= 0.6 is 0 Å². The van der Waals surface area contributed by atoms with Gasteiger partial charge in [0.25, 0.3) is 11.8 Å². The first kappa shape index (κ1) is 32.1. The van der Waals surface area contributed by atoms with E-state index in [2.05, 4.69) is 10.5 Å². The minimum Gasteiger partial charge on any atom is -0.508 e. The molecule has 4 rings (SSSR count). The van der Waals surface area contributed by atoms with Gasteiger partial charge in [0.15, 0.2) is 11.5 Å². The summed E-state index contributed by atoms with van der Waals surface area (Å²) in [6.45, 7) is 1.72. The van der Waals surface area contributed by atoms with Gasteiger partial charge in [0.2, 0.25) is 11.4 Å². The van der Waals surface area contributed by atoms with E-state index >= 15 is 0 Å². The molecule has 5 atom stereocenters. The number of halogens is 2. The molecule has 0 aromatic heterocycles. The lowest BCUT2D eigenvalue weighted by molar-refractivity contribution is -0.202. The Labute approximate surface area is 245 Å². The molecule has 3 aliphatic carbocycles. The third kappa shape index (κ3) is 4.53. The van der Waals surface area contributed by atoms with Crippen LogP contribution in [0, 0.1) is 10.8 Å². The lowest BCUT2D eigenvalue weighted by Gasteiger charge is -2.55. The molecule has 234 valence electrons. The number of primary amides is 1. The highest BCUT2D eigenvalue weighted by Gasteiger charge is 2.72. The minimum atomic E-state index is -3.28. The van der Waals surface area contributed by atoms with E-state index in [0.717, 1.165) is 6.92 Å². The number of benzene rings is 1. The van der Waals surface area contributed by atoms with Crippen molar-refractivity contribution in [3.8, 4) is 0 Å². The van der Waals surface area contributed by atoms with Gasteiger partial charge in [-0.05, 0) is 62.1 Å². The summed E-state index contributed by atoms with van der Waals surface area (Å²) in [6.07, 6.45) is -0.630. The van der Waals surface area contributed by atoms with E-state index in [-0.39, 0.29) is 29.8 Å². The zero-order chi connectivity index (χ0) is 32.6. The molecule has 2 unspecified atom stereocenters. The average molecular weight is 608 g/mol. The van der Waals surface area contributed by atoms with E-state index in [1.165, 1.54) is 32.0 Å². The summed E-state index contributed by atoms with van der Waals surface area (Å²) in [5.74, 6) is -10.3. The second kappa shape index (κ2) is 10.4. The van der Waals surface area contributed by atoms with Crippen molar-refractivity contribution in [3.05, 3.63) is 44.6 Å². The molecule has 1 fully saturated rings. The maximum absolute atomic E-state index is 14.1. The highest BCUT2D eigenvalue weighted by Crippen LogP contribution is 2.55. The Morgan fingerprint density at radius 2 is 1.84 bits per heavy atom. The molecule has 43 heavy (non-hydrogen) atoms. The van der Waals surface area contributed by atoms with Gasteiger partial charge >= 0.3 is 0 Å². The number of aliphatic hydroxyl groups excluding tert-OH is 2. The fourth-order valence-corrected chi connectivity index (χ4v) is 6.53. The van der Waals surface area contributed by atoms with Gasteiger partial charge in [0, 0.05) is 38.8 Å². The Morgan fingerprint density at radius 3 is 2.33 bits per heavy atom. The van der Waals surface area contributed by atoms with Crippen LogP contribution in [0.4, 0.5) is 20.2 Å². The number of carbonyl (C=O) groups is 3. The van der Waals surface area contributed by atoms with Gasteiger partial charge in [0.1, 0.15) is 28.7 Å². The monoisotopic (exact) mass is 607 g/mol. The molecule has 0 spiro atoms. The minimum absolute atomic E-state index is 0.0898. The molecule has 0 saturated heterocycles. The van der Waals surface area contributed by atoms with Crippen molar-refractivity contribution in [1.82, 2.24) is 10.2 Å². The molecule has 0 heterocycles. The Balaban J connectivity index is 1.99. The summed E-state index contributed by atoms with van der Waals surface area (Å²) >= 11 is 0. The number of aliphatic hydroxyl groups is 4. The van der Waals surface area contributed by atoms with Crippen LogP contribution in [0.25, 0.3) is 5.76 Å². The molecular weight excluding hydrogens is 572 g/mol. The number of nitroso groups, excluding NO2 is 1. The first-order valence-electron chi connectivity index (χ1n) is 13.4. The van der Waals surface area contributed by atoms with E-state index in [0.29, 0.717) is 11.3 Å². The molecule has 15 heteroatoms. The van der Waals surface area contributed by atoms with Crippen molar-refractivity contribution in [2.75, 3.05) is 33.1 Å². The predicted molar refractivity (Wildman–Crippen MR) is 151 cm³/mol. The normalized spacial score (nSPS) is 28.0. The number of fused-ring (bicyclic) bond motifs is 3. The number of alkyl halides is 2. The van der Waals surface area contributed by atoms with E-state index in [1.807, 2.05) is 0 Å². The van der Waals surface area contributed by atoms with E-state index < -0.39 is 81.7 Å². The van der Waals surface area contributed by atoms with Crippen molar-refractivity contribution >= 4 is 34.6 Å². The summed E-state index contributed by atoms with van der Waals surface area (Å²) in [7, 11) is 6.05. The Hall–Kier alpha value is -3.79. The van der Waals surface area contributed by atoms with Crippen LogP contribution in [0.2, 0.25) is 0 Å².